The zero-order chi connectivity index (χ0) is 14.3. The van der Waals surface area contributed by atoms with Gasteiger partial charge in [0.25, 0.3) is 0 Å². The molecule has 1 fully saturated rings. The average Bonchev–Trinajstić information content (AvgIpc) is 2.94. The molecule has 5 heteroatoms. The van der Waals surface area contributed by atoms with E-state index in [9.17, 15) is 9.59 Å². The molecule has 1 aliphatic rings. The summed E-state index contributed by atoms with van der Waals surface area (Å²) in [5.41, 5.74) is 1.45. The molecule has 1 saturated carbocycles. The van der Waals surface area contributed by atoms with E-state index in [-0.39, 0.29) is 11.3 Å². The Balaban J connectivity index is 2.04. The summed E-state index contributed by atoms with van der Waals surface area (Å²) in [6.07, 6.45) is 3.56. The van der Waals surface area contributed by atoms with Gasteiger partial charge in [0.05, 0.1) is 16.6 Å². The molecule has 0 bridgehead atoms. The Hall–Kier alpha value is -2.04. The van der Waals surface area contributed by atoms with Crippen LogP contribution in [0.25, 0.3) is 11.0 Å². The van der Waals surface area contributed by atoms with E-state index in [2.05, 4.69) is 11.9 Å². The summed E-state index contributed by atoms with van der Waals surface area (Å²) < 4.78 is 1.69. The van der Waals surface area contributed by atoms with Crippen molar-refractivity contribution in [2.45, 2.75) is 32.7 Å². The number of carbonyl (C=O) groups is 1. The largest absolute Gasteiger partial charge is 0.478 e. The number of benzene rings is 1. The number of hydrogen-bond acceptors (Lipinski definition) is 2. The highest BCUT2D eigenvalue weighted by Gasteiger charge is 2.25. The van der Waals surface area contributed by atoms with Crippen LogP contribution in [0.5, 0.6) is 0 Å². The molecule has 2 unspecified atom stereocenters. The lowest BCUT2D eigenvalue weighted by Gasteiger charge is -2.15. The predicted molar refractivity (Wildman–Crippen MR) is 76.0 cm³/mol. The van der Waals surface area contributed by atoms with Gasteiger partial charge in [-0.2, -0.15) is 0 Å². The number of carboxylic acid groups (broad SMARTS) is 1. The molecule has 1 aliphatic carbocycles. The summed E-state index contributed by atoms with van der Waals surface area (Å²) in [7, 11) is 0. The minimum Gasteiger partial charge on any atom is -0.478 e. The predicted octanol–water partition coefficient (Wildman–Crippen LogP) is 2.46. The first-order valence-corrected chi connectivity index (χ1v) is 7.02. The lowest BCUT2D eigenvalue weighted by Crippen LogP contribution is -2.22. The van der Waals surface area contributed by atoms with E-state index in [1.807, 2.05) is 0 Å². The first-order chi connectivity index (χ1) is 9.56. The molecule has 0 amide bonds. The van der Waals surface area contributed by atoms with Crippen LogP contribution < -0.4 is 5.69 Å². The molecule has 0 radical (unpaired) electrons. The number of fused-ring (bicyclic) bond motifs is 1. The number of H-pyrrole nitrogens is 1. The van der Waals surface area contributed by atoms with Crippen molar-refractivity contribution >= 4 is 17.0 Å². The topological polar surface area (TPSA) is 75.1 Å². The molecule has 0 aliphatic heterocycles. The molecule has 1 aromatic carbocycles. The number of carboxylic acids is 1. The van der Waals surface area contributed by atoms with Gasteiger partial charge in [-0.1, -0.05) is 19.8 Å². The van der Waals surface area contributed by atoms with Gasteiger partial charge in [0.15, 0.2) is 0 Å². The first-order valence-electron chi connectivity index (χ1n) is 7.02. The fourth-order valence-electron chi connectivity index (χ4n) is 3.20. The first kappa shape index (κ1) is 13.0. The van der Waals surface area contributed by atoms with Crippen LogP contribution in [-0.2, 0) is 6.54 Å². The summed E-state index contributed by atoms with van der Waals surface area (Å²) in [5.74, 6) is 0.149. The Kier molecular flexibility index (Phi) is 3.12. The molecule has 0 spiro atoms. The molecule has 0 saturated heterocycles. The highest BCUT2D eigenvalue weighted by molar-refractivity contribution is 5.92. The Morgan fingerprint density at radius 1 is 1.45 bits per heavy atom. The molecule has 20 heavy (non-hydrogen) atoms. The second-order valence-corrected chi connectivity index (χ2v) is 5.75. The zero-order valence-corrected chi connectivity index (χ0v) is 11.4. The van der Waals surface area contributed by atoms with Gasteiger partial charge in [-0.25, -0.2) is 9.59 Å². The molecular formula is C15H18N2O3. The van der Waals surface area contributed by atoms with Crippen molar-refractivity contribution in [2.75, 3.05) is 0 Å². The minimum absolute atomic E-state index is 0.151. The van der Waals surface area contributed by atoms with Crippen molar-refractivity contribution in [1.82, 2.24) is 9.55 Å². The molecule has 106 valence electrons. The quantitative estimate of drug-likeness (QED) is 0.902. The van der Waals surface area contributed by atoms with Crippen molar-refractivity contribution in [3.8, 4) is 0 Å². The summed E-state index contributed by atoms with van der Waals surface area (Å²) in [5, 5.41) is 9.07. The second-order valence-electron chi connectivity index (χ2n) is 5.75. The van der Waals surface area contributed by atoms with Gasteiger partial charge >= 0.3 is 11.7 Å². The van der Waals surface area contributed by atoms with Gasteiger partial charge in [-0.15, -0.1) is 0 Å². The average molecular weight is 274 g/mol. The van der Waals surface area contributed by atoms with Gasteiger partial charge in [0.2, 0.25) is 0 Å². The highest BCUT2D eigenvalue weighted by Crippen LogP contribution is 2.32. The Bertz CT molecular complexity index is 713. The third-order valence-electron chi connectivity index (χ3n) is 4.48. The minimum atomic E-state index is -0.971. The van der Waals surface area contributed by atoms with E-state index in [0.717, 1.165) is 6.42 Å². The van der Waals surface area contributed by atoms with Gasteiger partial charge in [-0.3, -0.25) is 4.57 Å². The normalized spacial score (nSPS) is 22.4. The van der Waals surface area contributed by atoms with Crippen molar-refractivity contribution in [2.24, 2.45) is 11.8 Å². The Morgan fingerprint density at radius 3 is 2.90 bits per heavy atom. The van der Waals surface area contributed by atoms with Crippen LogP contribution in [0.2, 0.25) is 0 Å². The number of hydrogen-bond donors (Lipinski definition) is 2. The van der Waals surface area contributed by atoms with Crippen LogP contribution in [0, 0.1) is 11.8 Å². The molecule has 2 N–H and O–H groups in total. The highest BCUT2D eigenvalue weighted by atomic mass is 16.4. The SMILES string of the molecule is CC1CCCC1Cn1c(=O)[nH]c2ccc(C(=O)O)cc21. The van der Waals surface area contributed by atoms with Crippen LogP contribution in [0.3, 0.4) is 0 Å². The van der Waals surface area contributed by atoms with Crippen molar-refractivity contribution in [3.05, 3.63) is 34.2 Å². The van der Waals surface area contributed by atoms with Crippen molar-refractivity contribution in [1.29, 1.82) is 0 Å². The Labute approximate surface area is 116 Å². The van der Waals surface area contributed by atoms with Crippen molar-refractivity contribution < 1.29 is 9.90 Å². The second kappa shape index (κ2) is 4.81. The molecule has 2 atom stereocenters. The summed E-state index contributed by atoms with van der Waals surface area (Å²) in [6, 6.07) is 4.76. The van der Waals surface area contributed by atoms with Crippen molar-refractivity contribution in [3.63, 3.8) is 0 Å². The summed E-state index contributed by atoms with van der Waals surface area (Å²) in [4.78, 5) is 25.9. The number of nitrogens with one attached hydrogen (secondary N) is 1. The number of imidazole rings is 1. The molecular weight excluding hydrogens is 256 g/mol. The lowest BCUT2D eigenvalue weighted by atomic mass is 9.98. The van der Waals surface area contributed by atoms with E-state index in [4.69, 9.17) is 5.11 Å². The smallest absolute Gasteiger partial charge is 0.335 e. The Morgan fingerprint density at radius 2 is 2.25 bits per heavy atom. The van der Waals surface area contributed by atoms with E-state index in [1.54, 1.807) is 16.7 Å². The number of aromatic carboxylic acids is 1. The molecule has 1 aromatic heterocycles. The fraction of sp³-hybridized carbons (Fsp3) is 0.467. The van der Waals surface area contributed by atoms with Gasteiger partial charge in [0.1, 0.15) is 0 Å². The zero-order valence-electron chi connectivity index (χ0n) is 11.4. The van der Waals surface area contributed by atoms with E-state index in [1.165, 1.54) is 18.9 Å². The maximum atomic E-state index is 12.1. The van der Waals surface area contributed by atoms with Gasteiger partial charge < -0.3 is 10.1 Å². The van der Waals surface area contributed by atoms with E-state index in [0.29, 0.717) is 29.4 Å². The lowest BCUT2D eigenvalue weighted by molar-refractivity contribution is 0.0697. The summed E-state index contributed by atoms with van der Waals surface area (Å²) in [6.45, 7) is 2.89. The van der Waals surface area contributed by atoms with Crippen LogP contribution >= 0.6 is 0 Å². The number of rotatable bonds is 3. The summed E-state index contributed by atoms with van der Waals surface area (Å²) >= 11 is 0. The molecule has 3 rings (SSSR count). The van der Waals surface area contributed by atoms with E-state index >= 15 is 0 Å². The maximum Gasteiger partial charge on any atom is 0.335 e. The van der Waals surface area contributed by atoms with Crippen LogP contribution in [0.4, 0.5) is 0 Å². The van der Waals surface area contributed by atoms with Crippen LogP contribution in [0.1, 0.15) is 36.5 Å². The number of aromatic amines is 1. The third-order valence-corrected chi connectivity index (χ3v) is 4.48. The monoisotopic (exact) mass is 274 g/mol. The number of nitrogens with zero attached hydrogens (tertiary/aromatic N) is 1. The fourth-order valence-corrected chi connectivity index (χ4v) is 3.20. The van der Waals surface area contributed by atoms with Crippen LogP contribution in [0.15, 0.2) is 23.0 Å². The third kappa shape index (κ3) is 2.13. The maximum absolute atomic E-state index is 12.1. The van der Waals surface area contributed by atoms with Gasteiger partial charge in [0, 0.05) is 6.54 Å². The molecule has 1 heterocycles. The molecule has 5 nitrogen and oxygen atoms in total. The molecule has 2 aromatic rings. The van der Waals surface area contributed by atoms with Crippen LogP contribution in [-0.4, -0.2) is 20.6 Å². The standard InChI is InChI=1S/C15H18N2O3/c1-9-3-2-4-11(9)8-17-13-7-10(14(18)19)5-6-12(13)16-15(17)20/h5-7,9,11H,2-4,8H2,1H3,(H,16,20)(H,18,19). The number of aromatic nitrogens is 2. The van der Waals surface area contributed by atoms with E-state index < -0.39 is 5.97 Å². The van der Waals surface area contributed by atoms with Gasteiger partial charge in [-0.05, 0) is 36.5 Å².